The fraction of sp³-hybridized carbons (Fsp3) is 0.659. The van der Waals surface area contributed by atoms with Crippen LogP contribution in [0.25, 0.3) is 10.8 Å². The molecule has 7 atom stereocenters. The molecule has 3 N–H and O–H groups in total. The summed E-state index contributed by atoms with van der Waals surface area (Å²) in [5.74, 6) is -2.45. The quantitative estimate of drug-likeness (QED) is 0.202. The molecule has 64 heavy (non-hydrogen) atoms. The van der Waals surface area contributed by atoms with Crippen LogP contribution in [0.3, 0.4) is 0 Å². The summed E-state index contributed by atoms with van der Waals surface area (Å²) in [5, 5.41) is 6.25. The summed E-state index contributed by atoms with van der Waals surface area (Å²) in [7, 11) is -1.19. The Morgan fingerprint density at radius 3 is 2.34 bits per heavy atom. The van der Waals surface area contributed by atoms with Crippen molar-refractivity contribution in [3.63, 3.8) is 0 Å². The number of ether oxygens (including phenoxy) is 5. The average Bonchev–Trinajstić information content (AvgIpc) is 4.13. The van der Waals surface area contributed by atoms with Crippen molar-refractivity contribution >= 4 is 44.6 Å². The van der Waals surface area contributed by atoms with Crippen molar-refractivity contribution in [1.29, 1.82) is 0 Å². The predicted octanol–water partition coefficient (Wildman–Crippen LogP) is 7.23. The summed E-state index contributed by atoms with van der Waals surface area (Å²) < 4.78 is 97.1. The first-order chi connectivity index (χ1) is 30.1. The monoisotopic (exact) mass is 933 g/mol. The fourth-order valence-electron chi connectivity index (χ4n) is 7.41. The van der Waals surface area contributed by atoms with Gasteiger partial charge in [-0.25, -0.2) is 13.2 Å². The van der Waals surface area contributed by atoms with Gasteiger partial charge in [0.25, 0.3) is 5.91 Å². The smallest absolute Gasteiger partial charge is 0.427 e. The maximum atomic E-state index is 14.9. The predicted molar refractivity (Wildman–Crippen MR) is 239 cm³/mol. The molecule has 0 bridgehead atoms. The number of benzene rings is 1. The zero-order valence-electron chi connectivity index (χ0n) is 38.5. The number of pyridine rings is 1. The second kappa shape index (κ2) is 20.5. The van der Waals surface area contributed by atoms with Gasteiger partial charge < -0.3 is 39.2 Å². The van der Waals surface area contributed by atoms with Gasteiger partial charge in [0, 0.05) is 28.1 Å². The molecular formula is C44H70F3N5O11S. The van der Waals surface area contributed by atoms with Crippen molar-refractivity contribution in [1.82, 2.24) is 25.2 Å². The minimum atomic E-state index is -4.95. The molecule has 1 aromatic carbocycles. The van der Waals surface area contributed by atoms with E-state index in [0.717, 1.165) is 4.90 Å². The summed E-state index contributed by atoms with van der Waals surface area (Å²) >= 11 is 0. The molecule has 2 aliphatic carbocycles. The van der Waals surface area contributed by atoms with Crippen LogP contribution < -0.4 is 29.6 Å². The van der Waals surface area contributed by atoms with Crippen molar-refractivity contribution in [2.24, 2.45) is 5.92 Å². The number of hydrogen-bond donors (Lipinski definition) is 3. The minimum Gasteiger partial charge on any atom is -0.497 e. The van der Waals surface area contributed by atoms with Crippen LogP contribution >= 0.6 is 0 Å². The van der Waals surface area contributed by atoms with Gasteiger partial charge in [-0.2, -0.15) is 18.2 Å². The van der Waals surface area contributed by atoms with Gasteiger partial charge in [-0.05, 0) is 89.8 Å². The lowest BCUT2D eigenvalue weighted by atomic mass is 10.0. The van der Waals surface area contributed by atoms with Crippen molar-refractivity contribution < 1.29 is 68.7 Å². The van der Waals surface area contributed by atoms with Gasteiger partial charge in [-0.1, -0.05) is 46.8 Å². The summed E-state index contributed by atoms with van der Waals surface area (Å²) in [6, 6.07) is 3.73. The van der Waals surface area contributed by atoms with E-state index in [2.05, 4.69) is 20.3 Å². The summed E-state index contributed by atoms with van der Waals surface area (Å²) in [4.78, 5) is 62.2. The third-order valence-corrected chi connectivity index (χ3v) is 13.9. The Hall–Kier alpha value is -4.85. The van der Waals surface area contributed by atoms with Crippen molar-refractivity contribution in [2.45, 2.75) is 160 Å². The van der Waals surface area contributed by atoms with E-state index in [1.54, 1.807) is 50.3 Å². The van der Waals surface area contributed by atoms with Crippen molar-refractivity contribution in [3.05, 3.63) is 36.4 Å². The SMILES string of the molecule is CC.CC.CC[C@@H]1O[C@H](C)CC/C=C\[C@@H]2C[C@@]2(C(=O)NS(=O)(=O)C2(C)CC2)NC(=O)[C@@H]2C[C@@H](Oc3nc(OC)cc4cc(OC)ccc34)CN2C(=O)[C@H]1NC(=O)OC(C)(C)C(F)(F)F.[HH].[HH].[HH]. The highest BCUT2D eigenvalue weighted by Gasteiger charge is 2.63. The second-order valence-corrected chi connectivity index (χ2v) is 18.8. The van der Waals surface area contributed by atoms with E-state index < -0.39 is 92.2 Å². The van der Waals surface area contributed by atoms with E-state index in [1.807, 2.05) is 27.7 Å². The second-order valence-electron chi connectivity index (χ2n) is 16.6. The van der Waals surface area contributed by atoms with Crippen LogP contribution in [0.15, 0.2) is 36.4 Å². The van der Waals surface area contributed by atoms with Gasteiger partial charge in [0.1, 0.15) is 29.5 Å². The topological polar surface area (TPSA) is 201 Å². The first kappa shape index (κ1) is 51.8. The third-order valence-electron chi connectivity index (χ3n) is 11.8. The Labute approximate surface area is 378 Å². The summed E-state index contributed by atoms with van der Waals surface area (Å²) in [6.45, 7) is 14.0. The number of methoxy groups -OCH3 is 2. The molecule has 2 saturated carbocycles. The molecule has 1 aromatic heterocycles. The molecule has 4 aliphatic rings. The number of nitrogens with one attached hydrogen (secondary N) is 3. The molecule has 2 aromatic rings. The minimum absolute atomic E-state index is 0. The first-order valence-corrected chi connectivity index (χ1v) is 23.3. The van der Waals surface area contributed by atoms with Crippen LogP contribution in [0, 0.1) is 5.92 Å². The molecule has 6 rings (SSSR count). The van der Waals surface area contributed by atoms with Crippen LogP contribution in [0.2, 0.25) is 0 Å². The molecule has 1 saturated heterocycles. The highest BCUT2D eigenvalue weighted by molar-refractivity contribution is 7.91. The number of amides is 4. The number of aromatic nitrogens is 1. The lowest BCUT2D eigenvalue weighted by Crippen LogP contribution is -2.61. The number of alkyl halides is 3. The highest BCUT2D eigenvalue weighted by Crippen LogP contribution is 2.48. The zero-order chi connectivity index (χ0) is 48.0. The Kier molecular flexibility index (Phi) is 16.6. The lowest BCUT2D eigenvalue weighted by molar-refractivity contribution is -0.244. The van der Waals surface area contributed by atoms with E-state index in [4.69, 9.17) is 23.7 Å². The maximum absolute atomic E-state index is 14.9. The Morgan fingerprint density at radius 2 is 1.75 bits per heavy atom. The van der Waals surface area contributed by atoms with E-state index >= 15 is 0 Å². The standard InChI is InChI=1S/C40H52F3N5O11S.2C2H6.3H2/c1-8-29-31(45-36(52)59-37(3,4)40(41,42)43)34(50)48-21-26(58-33-27-14-13-25(55-6)17-23(27)18-30(44-33)56-7)19-28(48)32(49)46-39(20-24(39)12-10-9-11-22(2)57-29)35(51)47-60(53,54)38(5)15-16-38;2*1-2;;;/h10,12-14,17-18,22,24,26,28-29,31H,8-9,11,15-16,19-21H2,1-7H3,(H,45,52)(H,46,49)(H,47,51);2*1-2H3;3*1H/b12-10-;;;;;/t22-,24-,26-,28+,29+,31+,39-;;;;;/m1...../s1. The Balaban J connectivity index is 0.00000312. The molecule has 0 spiro atoms. The van der Waals surface area contributed by atoms with Crippen LogP contribution in [-0.4, -0.2) is 115 Å². The molecule has 16 nitrogen and oxygen atoms in total. The number of carbonyl (C=O) groups is 4. The van der Waals surface area contributed by atoms with Crippen LogP contribution in [0.5, 0.6) is 17.5 Å². The van der Waals surface area contributed by atoms with Crippen LogP contribution in [-0.2, 0) is 33.9 Å². The molecule has 20 heteroatoms. The molecule has 2 aliphatic heterocycles. The Morgan fingerprint density at radius 1 is 1.08 bits per heavy atom. The largest absolute Gasteiger partial charge is 0.497 e. The molecule has 3 fully saturated rings. The van der Waals surface area contributed by atoms with Gasteiger partial charge in [0.05, 0.1) is 37.7 Å². The average molecular weight is 934 g/mol. The number of hydrogen-bond acceptors (Lipinski definition) is 12. The number of nitrogens with zero attached hydrogens (tertiary/aromatic N) is 2. The van der Waals surface area contributed by atoms with Crippen LogP contribution in [0.1, 0.15) is 112 Å². The number of alkyl carbamates (subject to hydrolysis) is 1. The number of rotatable bonds is 10. The number of sulfonamides is 1. The molecule has 364 valence electrons. The fourth-order valence-corrected chi connectivity index (χ4v) is 8.72. The third kappa shape index (κ3) is 11.3. The summed E-state index contributed by atoms with van der Waals surface area (Å²) in [6.07, 6.45) is -4.10. The van der Waals surface area contributed by atoms with E-state index in [-0.39, 0.29) is 41.8 Å². The summed E-state index contributed by atoms with van der Waals surface area (Å²) in [5.41, 5.74) is -4.63. The van der Waals surface area contributed by atoms with E-state index in [9.17, 15) is 40.8 Å². The number of carbonyl (C=O) groups excluding carboxylic acids is 4. The Bertz CT molecular complexity index is 2160. The molecule has 0 unspecified atom stereocenters. The van der Waals surface area contributed by atoms with Gasteiger partial charge in [0.15, 0.2) is 0 Å². The number of allylic oxidation sites excluding steroid dienone is 1. The molecular weight excluding hydrogens is 864 g/mol. The number of fused-ring (bicyclic) bond motifs is 3. The first-order valence-electron chi connectivity index (χ1n) is 21.8. The molecule has 3 heterocycles. The number of halogens is 3. The van der Waals surface area contributed by atoms with Gasteiger partial charge in [-0.3, -0.25) is 19.1 Å². The van der Waals surface area contributed by atoms with E-state index in [1.165, 1.54) is 21.1 Å². The van der Waals surface area contributed by atoms with Crippen LogP contribution in [0.4, 0.5) is 18.0 Å². The normalized spacial score (nSPS) is 27.2. The van der Waals surface area contributed by atoms with Gasteiger partial charge in [0.2, 0.25) is 39.2 Å². The molecule has 0 radical (unpaired) electrons. The van der Waals surface area contributed by atoms with Crippen molar-refractivity contribution in [2.75, 3.05) is 20.8 Å². The molecule has 4 amide bonds. The van der Waals surface area contributed by atoms with Gasteiger partial charge >= 0.3 is 12.3 Å². The van der Waals surface area contributed by atoms with Crippen molar-refractivity contribution in [3.8, 4) is 17.5 Å². The zero-order valence-corrected chi connectivity index (χ0v) is 39.3. The highest BCUT2D eigenvalue weighted by atomic mass is 32.2. The van der Waals surface area contributed by atoms with E-state index in [0.29, 0.717) is 56.1 Å². The lowest BCUT2D eigenvalue weighted by Gasteiger charge is -2.35. The van der Waals surface area contributed by atoms with Gasteiger partial charge in [-0.15, -0.1) is 0 Å². The maximum Gasteiger partial charge on any atom is 0.427 e.